The maximum absolute atomic E-state index is 12.0. The van der Waals surface area contributed by atoms with E-state index in [1.807, 2.05) is 20.8 Å². The van der Waals surface area contributed by atoms with Crippen LogP contribution in [-0.4, -0.2) is 8.42 Å². The molecule has 0 amide bonds. The van der Waals surface area contributed by atoms with E-state index in [0.29, 0.717) is 5.69 Å². The lowest BCUT2D eigenvalue weighted by molar-refractivity contribution is 0.487. The third kappa shape index (κ3) is 3.99. The van der Waals surface area contributed by atoms with Crippen molar-refractivity contribution >= 4 is 15.8 Å². The van der Waals surface area contributed by atoms with Crippen LogP contribution in [0.15, 0.2) is 53.4 Å². The van der Waals surface area contributed by atoms with Crippen molar-refractivity contribution in [2.45, 2.75) is 25.7 Å². The number of nitrogen functional groups attached to an aromatic ring is 1. The van der Waals surface area contributed by atoms with Crippen LogP contribution in [0.2, 0.25) is 0 Å². The van der Waals surface area contributed by atoms with Crippen molar-refractivity contribution in [1.29, 1.82) is 0 Å². The maximum atomic E-state index is 12.0. The molecule has 0 spiro atoms. The van der Waals surface area contributed by atoms with E-state index in [2.05, 4.69) is 0 Å². The molecule has 2 rings (SSSR count). The summed E-state index contributed by atoms with van der Waals surface area (Å²) in [5.74, 6) is 0.143. The van der Waals surface area contributed by atoms with Gasteiger partial charge in [0.05, 0.1) is 5.69 Å². The van der Waals surface area contributed by atoms with Gasteiger partial charge in [-0.3, -0.25) is 0 Å². The zero-order chi connectivity index (χ0) is 15.2. The fourth-order valence-corrected chi connectivity index (χ4v) is 2.47. The predicted octanol–water partition coefficient (Wildman–Crippen LogP) is 3.37. The summed E-state index contributed by atoms with van der Waals surface area (Å²) in [5, 5.41) is 0. The van der Waals surface area contributed by atoms with E-state index in [9.17, 15) is 8.42 Å². The number of aryl methyl sites for hydroxylation is 1. The van der Waals surface area contributed by atoms with Crippen LogP contribution >= 0.6 is 0 Å². The Balaban J connectivity index is 0.000000956. The Kier molecular flexibility index (Phi) is 5.58. The molecule has 0 aliphatic carbocycles. The molecule has 0 bridgehead atoms. The quantitative estimate of drug-likeness (QED) is 0.696. The van der Waals surface area contributed by atoms with Crippen LogP contribution in [0.5, 0.6) is 5.75 Å². The minimum absolute atomic E-state index is 0.102. The molecule has 108 valence electrons. The summed E-state index contributed by atoms with van der Waals surface area (Å²) in [7, 11) is -3.83. The number of rotatable bonds is 3. The van der Waals surface area contributed by atoms with Gasteiger partial charge in [0.15, 0.2) is 5.75 Å². The SMILES string of the molecule is CC.Cc1ccc(OS(=O)(=O)c2ccccc2)c(N)c1. The Morgan fingerprint density at radius 3 is 2.15 bits per heavy atom. The van der Waals surface area contributed by atoms with E-state index in [4.69, 9.17) is 9.92 Å². The number of anilines is 1. The topological polar surface area (TPSA) is 69.4 Å². The lowest BCUT2D eigenvalue weighted by Gasteiger charge is -2.09. The molecule has 2 N–H and O–H groups in total. The first-order chi connectivity index (χ1) is 9.49. The summed E-state index contributed by atoms with van der Waals surface area (Å²) in [6, 6.07) is 12.9. The first-order valence-corrected chi connectivity index (χ1v) is 7.75. The molecule has 0 aliphatic heterocycles. The molecule has 0 aromatic heterocycles. The highest BCUT2D eigenvalue weighted by atomic mass is 32.2. The molecule has 0 fully saturated rings. The first-order valence-electron chi connectivity index (χ1n) is 6.35. The van der Waals surface area contributed by atoms with Crippen molar-refractivity contribution in [2.75, 3.05) is 5.73 Å². The first kappa shape index (κ1) is 16.0. The van der Waals surface area contributed by atoms with E-state index in [0.717, 1.165) is 5.56 Å². The summed E-state index contributed by atoms with van der Waals surface area (Å²) in [4.78, 5) is 0.102. The minimum Gasteiger partial charge on any atom is -0.396 e. The molecule has 0 unspecified atom stereocenters. The van der Waals surface area contributed by atoms with Crippen molar-refractivity contribution in [3.8, 4) is 5.75 Å². The summed E-state index contributed by atoms with van der Waals surface area (Å²) in [5.41, 5.74) is 6.96. The zero-order valence-electron chi connectivity index (χ0n) is 11.8. The molecule has 5 heteroatoms. The maximum Gasteiger partial charge on any atom is 0.339 e. The van der Waals surface area contributed by atoms with Gasteiger partial charge in [-0.1, -0.05) is 38.1 Å². The highest BCUT2D eigenvalue weighted by molar-refractivity contribution is 7.87. The summed E-state index contributed by atoms with van der Waals surface area (Å²) in [6.45, 7) is 5.87. The summed E-state index contributed by atoms with van der Waals surface area (Å²) < 4.78 is 28.9. The Morgan fingerprint density at radius 2 is 1.60 bits per heavy atom. The van der Waals surface area contributed by atoms with Gasteiger partial charge in [0.25, 0.3) is 0 Å². The van der Waals surface area contributed by atoms with Crippen LogP contribution in [0, 0.1) is 6.92 Å². The van der Waals surface area contributed by atoms with E-state index in [1.54, 1.807) is 36.4 Å². The number of benzene rings is 2. The Bertz CT molecular complexity index is 652. The van der Waals surface area contributed by atoms with Crippen molar-refractivity contribution in [2.24, 2.45) is 0 Å². The second kappa shape index (κ2) is 6.96. The lowest BCUT2D eigenvalue weighted by atomic mass is 10.2. The Hall–Kier alpha value is -2.01. The molecule has 0 saturated heterocycles. The minimum atomic E-state index is -3.83. The van der Waals surface area contributed by atoms with E-state index < -0.39 is 10.1 Å². The van der Waals surface area contributed by atoms with Crippen LogP contribution in [0.1, 0.15) is 19.4 Å². The molecule has 0 aliphatic rings. The Labute approximate surface area is 120 Å². The molecule has 20 heavy (non-hydrogen) atoms. The lowest BCUT2D eigenvalue weighted by Crippen LogP contribution is -2.10. The van der Waals surface area contributed by atoms with Crippen LogP contribution in [0.4, 0.5) is 5.69 Å². The molecular formula is C15H19NO3S. The van der Waals surface area contributed by atoms with Gasteiger partial charge in [0.1, 0.15) is 4.90 Å². The summed E-state index contributed by atoms with van der Waals surface area (Å²) in [6.07, 6.45) is 0. The fraction of sp³-hybridized carbons (Fsp3) is 0.200. The van der Waals surface area contributed by atoms with Crippen LogP contribution in [0.3, 0.4) is 0 Å². The van der Waals surface area contributed by atoms with E-state index >= 15 is 0 Å². The van der Waals surface area contributed by atoms with Gasteiger partial charge >= 0.3 is 10.1 Å². The molecule has 0 atom stereocenters. The third-order valence-electron chi connectivity index (χ3n) is 2.40. The molecule has 0 heterocycles. The number of hydrogen-bond donors (Lipinski definition) is 1. The van der Waals surface area contributed by atoms with Crippen molar-refractivity contribution in [1.82, 2.24) is 0 Å². The van der Waals surface area contributed by atoms with Crippen LogP contribution < -0.4 is 9.92 Å². The zero-order valence-corrected chi connectivity index (χ0v) is 12.6. The highest BCUT2D eigenvalue weighted by Crippen LogP contribution is 2.25. The molecule has 0 radical (unpaired) electrons. The van der Waals surface area contributed by atoms with Gasteiger partial charge in [0, 0.05) is 0 Å². The second-order valence-electron chi connectivity index (χ2n) is 3.89. The molecule has 2 aromatic carbocycles. The van der Waals surface area contributed by atoms with Crippen molar-refractivity contribution < 1.29 is 12.6 Å². The van der Waals surface area contributed by atoms with Crippen molar-refractivity contribution in [3.05, 3.63) is 54.1 Å². The molecule has 2 aromatic rings. The standard InChI is InChI=1S/C13H13NO3S.C2H6/c1-10-7-8-13(12(14)9-10)17-18(15,16)11-5-3-2-4-6-11;1-2/h2-9H,14H2,1H3;1-2H3. The van der Waals surface area contributed by atoms with Crippen molar-refractivity contribution in [3.63, 3.8) is 0 Å². The van der Waals surface area contributed by atoms with Gasteiger partial charge in [-0.25, -0.2) is 0 Å². The van der Waals surface area contributed by atoms with E-state index in [-0.39, 0.29) is 10.6 Å². The average Bonchev–Trinajstić information content (AvgIpc) is 2.45. The van der Waals surface area contributed by atoms with Crippen LogP contribution in [-0.2, 0) is 10.1 Å². The average molecular weight is 293 g/mol. The van der Waals surface area contributed by atoms with Crippen LogP contribution in [0.25, 0.3) is 0 Å². The second-order valence-corrected chi connectivity index (χ2v) is 5.44. The van der Waals surface area contributed by atoms with Gasteiger partial charge in [0.2, 0.25) is 0 Å². The number of nitrogens with two attached hydrogens (primary N) is 1. The molecular weight excluding hydrogens is 274 g/mol. The summed E-state index contributed by atoms with van der Waals surface area (Å²) >= 11 is 0. The number of hydrogen-bond acceptors (Lipinski definition) is 4. The predicted molar refractivity (Wildman–Crippen MR) is 81.2 cm³/mol. The monoisotopic (exact) mass is 293 g/mol. The van der Waals surface area contributed by atoms with Gasteiger partial charge < -0.3 is 9.92 Å². The van der Waals surface area contributed by atoms with E-state index in [1.165, 1.54) is 12.1 Å². The Morgan fingerprint density at radius 1 is 1.00 bits per heavy atom. The smallest absolute Gasteiger partial charge is 0.339 e. The largest absolute Gasteiger partial charge is 0.396 e. The fourth-order valence-electron chi connectivity index (χ4n) is 1.50. The molecule has 0 saturated carbocycles. The van der Waals surface area contributed by atoms with Gasteiger partial charge in [-0.2, -0.15) is 8.42 Å². The third-order valence-corrected chi connectivity index (χ3v) is 3.65. The van der Waals surface area contributed by atoms with Gasteiger partial charge in [-0.15, -0.1) is 0 Å². The van der Waals surface area contributed by atoms with Gasteiger partial charge in [-0.05, 0) is 36.8 Å². The normalized spacial score (nSPS) is 10.3. The highest BCUT2D eigenvalue weighted by Gasteiger charge is 2.17. The molecule has 4 nitrogen and oxygen atoms in total.